The number of benzene rings is 1. The third-order valence-electron chi connectivity index (χ3n) is 2.71. The average molecular weight is 300 g/mol. The van der Waals surface area contributed by atoms with Crippen molar-refractivity contribution in [2.75, 3.05) is 20.2 Å². The zero-order chi connectivity index (χ0) is 15.0. The van der Waals surface area contributed by atoms with E-state index in [2.05, 4.69) is 10.0 Å². The Balaban J connectivity index is 3.02. The topological polar surface area (TPSA) is 67.4 Å². The van der Waals surface area contributed by atoms with E-state index in [4.69, 9.17) is 4.74 Å². The molecule has 0 aromatic heterocycles. The molecule has 0 unspecified atom stereocenters. The molecule has 20 heavy (non-hydrogen) atoms. The standard InChI is InChI=1S/C14H24N2O3S/c1-4-8-16-20(17,18)13-6-7-14(19-9-5-2)12(10-13)11-15-3/h6-7,10,15-16H,4-5,8-9,11H2,1-3H3. The first-order valence-electron chi connectivity index (χ1n) is 6.95. The maximum Gasteiger partial charge on any atom is 0.240 e. The van der Waals surface area contributed by atoms with Crippen molar-refractivity contribution in [1.82, 2.24) is 10.0 Å². The van der Waals surface area contributed by atoms with Gasteiger partial charge in [-0.3, -0.25) is 0 Å². The van der Waals surface area contributed by atoms with Crippen molar-refractivity contribution in [2.24, 2.45) is 0 Å². The Labute approximate surface area is 121 Å². The van der Waals surface area contributed by atoms with Crippen LogP contribution in [0.3, 0.4) is 0 Å². The molecule has 1 aromatic carbocycles. The molecule has 0 aliphatic heterocycles. The minimum atomic E-state index is -3.43. The normalized spacial score (nSPS) is 11.6. The van der Waals surface area contributed by atoms with E-state index in [9.17, 15) is 8.42 Å². The van der Waals surface area contributed by atoms with Crippen LogP contribution in [0.4, 0.5) is 0 Å². The number of hydrogen-bond acceptors (Lipinski definition) is 4. The van der Waals surface area contributed by atoms with E-state index in [0.717, 1.165) is 24.2 Å². The van der Waals surface area contributed by atoms with Crippen molar-refractivity contribution in [2.45, 2.75) is 38.1 Å². The Bertz CT molecular complexity index is 515. The molecule has 0 saturated carbocycles. The lowest BCUT2D eigenvalue weighted by molar-refractivity contribution is 0.313. The highest BCUT2D eigenvalue weighted by Gasteiger charge is 2.15. The first-order valence-corrected chi connectivity index (χ1v) is 8.43. The molecule has 0 spiro atoms. The molecule has 0 bridgehead atoms. The average Bonchev–Trinajstić information content (AvgIpc) is 2.44. The molecule has 0 aliphatic rings. The molecule has 0 heterocycles. The first-order chi connectivity index (χ1) is 9.55. The molecule has 0 fully saturated rings. The second-order valence-electron chi connectivity index (χ2n) is 4.55. The summed E-state index contributed by atoms with van der Waals surface area (Å²) in [5.41, 5.74) is 0.848. The van der Waals surface area contributed by atoms with Crippen molar-refractivity contribution in [3.63, 3.8) is 0 Å². The van der Waals surface area contributed by atoms with E-state index in [0.29, 0.717) is 19.7 Å². The summed E-state index contributed by atoms with van der Waals surface area (Å²) in [5.74, 6) is 0.732. The smallest absolute Gasteiger partial charge is 0.240 e. The van der Waals surface area contributed by atoms with Gasteiger partial charge in [0.05, 0.1) is 11.5 Å². The van der Waals surface area contributed by atoms with Gasteiger partial charge in [-0.25, -0.2) is 13.1 Å². The summed E-state index contributed by atoms with van der Waals surface area (Å²) < 4.78 is 32.4. The summed E-state index contributed by atoms with van der Waals surface area (Å²) in [6, 6.07) is 4.98. The van der Waals surface area contributed by atoms with Gasteiger partial charge in [-0.15, -0.1) is 0 Å². The van der Waals surface area contributed by atoms with Gasteiger partial charge < -0.3 is 10.1 Å². The van der Waals surface area contributed by atoms with Crippen molar-refractivity contribution in [3.05, 3.63) is 23.8 Å². The summed E-state index contributed by atoms with van der Waals surface area (Å²) in [5, 5.41) is 3.03. The summed E-state index contributed by atoms with van der Waals surface area (Å²) in [6.07, 6.45) is 1.68. The number of sulfonamides is 1. The minimum absolute atomic E-state index is 0.278. The number of rotatable bonds is 9. The van der Waals surface area contributed by atoms with Crippen molar-refractivity contribution in [3.8, 4) is 5.75 Å². The third kappa shape index (κ3) is 4.77. The molecule has 0 saturated heterocycles. The van der Waals surface area contributed by atoms with E-state index >= 15 is 0 Å². The van der Waals surface area contributed by atoms with Crippen LogP contribution in [-0.2, 0) is 16.6 Å². The Kier molecular flexibility index (Phi) is 6.98. The van der Waals surface area contributed by atoms with Crippen LogP contribution in [0.5, 0.6) is 5.75 Å². The molecule has 0 atom stereocenters. The predicted octanol–water partition coefficient (Wildman–Crippen LogP) is 1.88. The van der Waals surface area contributed by atoms with Gasteiger partial charge >= 0.3 is 0 Å². The zero-order valence-electron chi connectivity index (χ0n) is 12.4. The Hall–Kier alpha value is -1.11. The van der Waals surface area contributed by atoms with Gasteiger partial charge in [-0.1, -0.05) is 13.8 Å². The lowest BCUT2D eigenvalue weighted by Crippen LogP contribution is -2.24. The molecule has 114 valence electrons. The van der Waals surface area contributed by atoms with Crippen molar-refractivity contribution < 1.29 is 13.2 Å². The fraction of sp³-hybridized carbons (Fsp3) is 0.571. The molecule has 5 nitrogen and oxygen atoms in total. The number of nitrogens with one attached hydrogen (secondary N) is 2. The van der Waals surface area contributed by atoms with Gasteiger partial charge in [-0.2, -0.15) is 0 Å². The van der Waals surface area contributed by atoms with Gasteiger partial charge in [0, 0.05) is 18.7 Å². The quantitative estimate of drug-likeness (QED) is 0.731. The summed E-state index contributed by atoms with van der Waals surface area (Å²) in [7, 11) is -1.61. The van der Waals surface area contributed by atoms with E-state index in [1.54, 1.807) is 18.2 Å². The third-order valence-corrected chi connectivity index (χ3v) is 4.17. The highest BCUT2D eigenvalue weighted by atomic mass is 32.2. The summed E-state index contributed by atoms with van der Waals surface area (Å²) in [4.78, 5) is 0.278. The van der Waals surface area contributed by atoms with Crippen LogP contribution in [0.2, 0.25) is 0 Å². The van der Waals surface area contributed by atoms with E-state index in [1.807, 2.05) is 20.9 Å². The molecule has 1 aromatic rings. The van der Waals surface area contributed by atoms with Gasteiger partial charge in [-0.05, 0) is 38.1 Å². The molecule has 1 rings (SSSR count). The highest BCUT2D eigenvalue weighted by molar-refractivity contribution is 7.89. The lowest BCUT2D eigenvalue weighted by atomic mass is 10.2. The zero-order valence-corrected chi connectivity index (χ0v) is 13.2. The number of ether oxygens (including phenoxy) is 1. The van der Waals surface area contributed by atoms with Gasteiger partial charge in [0.1, 0.15) is 5.75 Å². The van der Waals surface area contributed by atoms with E-state index < -0.39 is 10.0 Å². The largest absolute Gasteiger partial charge is 0.493 e. The fourth-order valence-electron chi connectivity index (χ4n) is 1.72. The first kappa shape index (κ1) is 16.9. The molecule has 0 amide bonds. The van der Waals surface area contributed by atoms with E-state index in [1.165, 1.54) is 0 Å². The highest BCUT2D eigenvalue weighted by Crippen LogP contribution is 2.23. The van der Waals surface area contributed by atoms with Crippen molar-refractivity contribution in [1.29, 1.82) is 0 Å². The Morgan fingerprint density at radius 2 is 1.95 bits per heavy atom. The van der Waals surface area contributed by atoms with Crippen LogP contribution >= 0.6 is 0 Å². The molecular formula is C14H24N2O3S. The van der Waals surface area contributed by atoms with Crippen molar-refractivity contribution >= 4 is 10.0 Å². The Morgan fingerprint density at radius 3 is 2.55 bits per heavy atom. The van der Waals surface area contributed by atoms with Crippen LogP contribution in [-0.4, -0.2) is 28.6 Å². The molecule has 0 aliphatic carbocycles. The fourth-order valence-corrected chi connectivity index (χ4v) is 2.91. The number of hydrogen-bond donors (Lipinski definition) is 2. The lowest BCUT2D eigenvalue weighted by Gasteiger charge is -2.13. The van der Waals surface area contributed by atoms with Crippen LogP contribution in [0, 0.1) is 0 Å². The minimum Gasteiger partial charge on any atom is -0.493 e. The Morgan fingerprint density at radius 1 is 1.20 bits per heavy atom. The summed E-state index contributed by atoms with van der Waals surface area (Å²) in [6.45, 7) is 5.59. The van der Waals surface area contributed by atoms with Gasteiger partial charge in [0.15, 0.2) is 0 Å². The predicted molar refractivity (Wildman–Crippen MR) is 80.5 cm³/mol. The second-order valence-corrected chi connectivity index (χ2v) is 6.31. The molecule has 2 N–H and O–H groups in total. The van der Waals surface area contributed by atoms with Gasteiger partial charge in [0.25, 0.3) is 0 Å². The summed E-state index contributed by atoms with van der Waals surface area (Å²) >= 11 is 0. The van der Waals surface area contributed by atoms with Crippen LogP contribution < -0.4 is 14.8 Å². The second kappa shape index (κ2) is 8.24. The van der Waals surface area contributed by atoms with Gasteiger partial charge in [0.2, 0.25) is 10.0 Å². The maximum absolute atomic E-state index is 12.1. The van der Waals surface area contributed by atoms with Crippen LogP contribution in [0.25, 0.3) is 0 Å². The monoisotopic (exact) mass is 300 g/mol. The van der Waals surface area contributed by atoms with E-state index in [-0.39, 0.29) is 4.90 Å². The molecule has 6 heteroatoms. The molecule has 0 radical (unpaired) electrons. The maximum atomic E-state index is 12.1. The van der Waals surface area contributed by atoms with Crippen LogP contribution in [0.15, 0.2) is 23.1 Å². The SMILES string of the molecule is CCCNS(=O)(=O)c1ccc(OCCC)c(CNC)c1. The molecular weight excluding hydrogens is 276 g/mol. The van der Waals surface area contributed by atoms with Crippen LogP contribution in [0.1, 0.15) is 32.3 Å².